The predicted molar refractivity (Wildman–Crippen MR) is 67.0 cm³/mol. The van der Waals surface area contributed by atoms with Gasteiger partial charge in [-0.05, 0) is 37.4 Å². The Morgan fingerprint density at radius 2 is 2.31 bits per heavy atom. The van der Waals surface area contributed by atoms with E-state index in [0.717, 1.165) is 19.5 Å². The molecule has 1 aromatic carbocycles. The van der Waals surface area contributed by atoms with Crippen molar-refractivity contribution >= 4 is 11.9 Å². The fourth-order valence-corrected chi connectivity index (χ4v) is 2.44. The lowest BCUT2D eigenvalue weighted by atomic mass is 10.2. The Morgan fingerprint density at radius 1 is 1.38 bits per heavy atom. The van der Waals surface area contributed by atoms with Crippen LogP contribution in [0.5, 0.6) is 0 Å². The number of nitrogens with one attached hydrogen (secondary N) is 1. The first-order valence-corrected chi connectivity index (χ1v) is 6.06. The van der Waals surface area contributed by atoms with Crippen LogP contribution in [0.4, 0.5) is 5.69 Å². The number of fused-ring (bicyclic) bond motifs is 1. The van der Waals surface area contributed by atoms with Crippen molar-refractivity contribution in [3.05, 3.63) is 29.8 Å². The van der Waals surface area contributed by atoms with Crippen LogP contribution < -0.4 is 10.3 Å². The molecule has 2 heterocycles. The maximum Gasteiger partial charge on any atom is 0.0626 e. The lowest BCUT2D eigenvalue weighted by Gasteiger charge is -2.13. The van der Waals surface area contributed by atoms with Gasteiger partial charge in [0.1, 0.15) is 0 Å². The molecule has 3 heteroatoms. The molecule has 3 rings (SSSR count). The summed E-state index contributed by atoms with van der Waals surface area (Å²) in [6.45, 7) is 2.15. The van der Waals surface area contributed by atoms with Crippen molar-refractivity contribution in [2.24, 2.45) is 5.10 Å². The Kier molecular flexibility index (Phi) is 2.62. The first-order valence-electron chi connectivity index (χ1n) is 6.06. The van der Waals surface area contributed by atoms with E-state index in [1.54, 1.807) is 0 Å². The average Bonchev–Trinajstić information content (AvgIpc) is 2.96. The zero-order valence-corrected chi connectivity index (χ0v) is 9.39. The van der Waals surface area contributed by atoms with Crippen LogP contribution in [0.15, 0.2) is 29.4 Å². The van der Waals surface area contributed by atoms with E-state index in [4.69, 9.17) is 0 Å². The van der Waals surface area contributed by atoms with E-state index in [9.17, 15) is 0 Å². The smallest absolute Gasteiger partial charge is 0.0626 e. The van der Waals surface area contributed by atoms with E-state index < -0.39 is 0 Å². The Hall–Kier alpha value is -1.35. The summed E-state index contributed by atoms with van der Waals surface area (Å²) in [4.78, 5) is 0. The molecule has 0 aliphatic carbocycles. The maximum atomic E-state index is 4.59. The number of rotatable bonds is 2. The van der Waals surface area contributed by atoms with Crippen LogP contribution >= 0.6 is 0 Å². The van der Waals surface area contributed by atoms with Crippen LogP contribution in [0.25, 0.3) is 0 Å². The van der Waals surface area contributed by atoms with Crippen LogP contribution in [-0.2, 0) is 6.42 Å². The van der Waals surface area contributed by atoms with Crippen LogP contribution in [0.1, 0.15) is 18.4 Å². The molecule has 1 aromatic rings. The summed E-state index contributed by atoms with van der Waals surface area (Å²) in [5, 5.41) is 10.1. The van der Waals surface area contributed by atoms with Crippen LogP contribution in [0.3, 0.4) is 0 Å². The van der Waals surface area contributed by atoms with Gasteiger partial charge in [-0.25, -0.2) is 0 Å². The van der Waals surface area contributed by atoms with Gasteiger partial charge in [-0.2, -0.15) is 5.10 Å². The molecule has 16 heavy (non-hydrogen) atoms. The summed E-state index contributed by atoms with van der Waals surface area (Å²) in [6, 6.07) is 9.01. The zero-order valence-electron chi connectivity index (χ0n) is 9.39. The third-order valence-corrected chi connectivity index (χ3v) is 3.35. The molecule has 84 valence electrons. The molecule has 3 nitrogen and oxygen atoms in total. The van der Waals surface area contributed by atoms with Gasteiger partial charge in [0.25, 0.3) is 0 Å². The van der Waals surface area contributed by atoms with Gasteiger partial charge in [-0.15, -0.1) is 0 Å². The second kappa shape index (κ2) is 4.26. The molecular weight excluding hydrogens is 198 g/mol. The summed E-state index contributed by atoms with van der Waals surface area (Å²) in [5.74, 6) is 0. The first-order chi connectivity index (χ1) is 7.93. The number of hydrogen-bond acceptors (Lipinski definition) is 3. The first kappa shape index (κ1) is 9.85. The van der Waals surface area contributed by atoms with E-state index >= 15 is 0 Å². The Labute approximate surface area is 96.1 Å². The SMILES string of the molecule is C(=N\N1CCc2ccccc21)/C1CCCN1. The minimum atomic E-state index is 0.479. The minimum absolute atomic E-state index is 0.479. The number of nitrogens with zero attached hydrogens (tertiary/aromatic N) is 2. The highest BCUT2D eigenvalue weighted by Gasteiger charge is 2.18. The number of hydrogen-bond donors (Lipinski definition) is 1. The van der Waals surface area contributed by atoms with Crippen molar-refractivity contribution in [1.29, 1.82) is 0 Å². The van der Waals surface area contributed by atoms with Crippen molar-refractivity contribution in [1.82, 2.24) is 5.32 Å². The van der Waals surface area contributed by atoms with Gasteiger partial charge in [0.2, 0.25) is 0 Å². The van der Waals surface area contributed by atoms with Crippen molar-refractivity contribution < 1.29 is 0 Å². The molecule has 1 fully saturated rings. The van der Waals surface area contributed by atoms with E-state index in [1.165, 1.54) is 24.1 Å². The summed E-state index contributed by atoms with van der Waals surface area (Å²) < 4.78 is 0. The second-order valence-corrected chi connectivity index (χ2v) is 4.47. The molecule has 1 saturated heterocycles. The van der Waals surface area contributed by atoms with Gasteiger partial charge in [0.05, 0.1) is 5.69 Å². The Bertz CT molecular complexity index is 394. The molecule has 1 atom stereocenters. The highest BCUT2D eigenvalue weighted by atomic mass is 15.5. The normalized spacial score (nSPS) is 24.2. The van der Waals surface area contributed by atoms with Gasteiger partial charge < -0.3 is 5.32 Å². The van der Waals surface area contributed by atoms with Gasteiger partial charge >= 0.3 is 0 Å². The maximum absolute atomic E-state index is 4.59. The van der Waals surface area contributed by atoms with E-state index in [2.05, 4.69) is 45.9 Å². The molecule has 0 amide bonds. The van der Waals surface area contributed by atoms with Gasteiger partial charge in [0.15, 0.2) is 0 Å². The lowest BCUT2D eigenvalue weighted by molar-refractivity contribution is 0.765. The van der Waals surface area contributed by atoms with Crippen molar-refractivity contribution in [3.63, 3.8) is 0 Å². The van der Waals surface area contributed by atoms with Gasteiger partial charge in [0, 0.05) is 18.8 Å². The molecule has 2 aliphatic rings. The third-order valence-electron chi connectivity index (χ3n) is 3.35. The molecule has 1 unspecified atom stereocenters. The summed E-state index contributed by atoms with van der Waals surface area (Å²) in [6.07, 6.45) is 5.67. The van der Waals surface area contributed by atoms with E-state index in [0.29, 0.717) is 6.04 Å². The molecule has 2 aliphatic heterocycles. The van der Waals surface area contributed by atoms with E-state index in [-0.39, 0.29) is 0 Å². The standard InChI is InChI=1S/C13H17N3/c1-2-6-13-11(4-1)7-9-16(13)15-10-12-5-3-8-14-12/h1-2,4,6,10,12,14H,3,5,7-9H2/b15-10+. The number of benzene rings is 1. The fraction of sp³-hybridized carbons (Fsp3) is 0.462. The molecule has 0 radical (unpaired) electrons. The van der Waals surface area contributed by atoms with Gasteiger partial charge in [-0.1, -0.05) is 18.2 Å². The number of anilines is 1. The molecule has 0 saturated carbocycles. The minimum Gasteiger partial charge on any atom is -0.309 e. The monoisotopic (exact) mass is 215 g/mol. The highest BCUT2D eigenvalue weighted by Crippen LogP contribution is 2.27. The van der Waals surface area contributed by atoms with Crippen molar-refractivity contribution in [2.75, 3.05) is 18.1 Å². The average molecular weight is 215 g/mol. The Balaban J connectivity index is 1.72. The number of para-hydroxylation sites is 1. The van der Waals surface area contributed by atoms with Crippen molar-refractivity contribution in [3.8, 4) is 0 Å². The van der Waals surface area contributed by atoms with Crippen LogP contribution in [0.2, 0.25) is 0 Å². The summed E-state index contributed by atoms with van der Waals surface area (Å²) in [5.41, 5.74) is 2.69. The van der Waals surface area contributed by atoms with Gasteiger partial charge in [-0.3, -0.25) is 5.01 Å². The summed E-state index contributed by atoms with van der Waals surface area (Å²) in [7, 11) is 0. The number of hydrazone groups is 1. The quantitative estimate of drug-likeness (QED) is 0.762. The fourth-order valence-electron chi connectivity index (χ4n) is 2.44. The second-order valence-electron chi connectivity index (χ2n) is 4.47. The lowest BCUT2D eigenvalue weighted by Crippen LogP contribution is -2.24. The highest BCUT2D eigenvalue weighted by molar-refractivity contribution is 5.68. The molecule has 1 N–H and O–H groups in total. The predicted octanol–water partition coefficient (Wildman–Crippen LogP) is 1.79. The molecular formula is C13H17N3. The molecule has 0 bridgehead atoms. The molecule has 0 aromatic heterocycles. The summed E-state index contributed by atoms with van der Waals surface area (Å²) >= 11 is 0. The largest absolute Gasteiger partial charge is 0.309 e. The zero-order chi connectivity index (χ0) is 10.8. The van der Waals surface area contributed by atoms with Crippen LogP contribution in [0, 0.1) is 0 Å². The van der Waals surface area contributed by atoms with Crippen molar-refractivity contribution in [2.45, 2.75) is 25.3 Å². The van der Waals surface area contributed by atoms with Crippen LogP contribution in [-0.4, -0.2) is 25.3 Å². The third kappa shape index (κ3) is 1.83. The topological polar surface area (TPSA) is 27.6 Å². The van der Waals surface area contributed by atoms with E-state index in [1.807, 2.05) is 0 Å². The Morgan fingerprint density at radius 3 is 3.19 bits per heavy atom. The molecule has 0 spiro atoms.